The van der Waals surface area contributed by atoms with Gasteiger partial charge in [0.2, 0.25) is 5.91 Å². The van der Waals surface area contributed by atoms with Gasteiger partial charge in [-0.3, -0.25) is 24.2 Å². The normalized spacial score (nSPS) is 13.9. The summed E-state index contributed by atoms with van der Waals surface area (Å²) >= 11 is 0. The standard InChI is InChI=1S/C55H107N3O6/c1-5-9-13-17-20-24-34-50(33-23-16-12-8-4)47-56-53(60)38-27-22-31-41-57(45-46-59)43-44-58(52-36-25-21-26-37-52)42-32-30-35-51(48-63-54(61)39-28-18-14-10-6-2)49-64-55(62)40-29-19-15-11-7-3/h50-52,59H,5-49H2,1-4H3,(H,56,60). The first-order valence-corrected chi connectivity index (χ1v) is 28.0. The average Bonchev–Trinajstić information content (AvgIpc) is 3.30. The molecule has 0 spiro atoms. The number of esters is 2. The molecule has 9 heteroatoms. The van der Waals surface area contributed by atoms with Crippen molar-refractivity contribution in [3.05, 3.63) is 0 Å². The lowest BCUT2D eigenvalue weighted by molar-refractivity contribution is -0.149. The summed E-state index contributed by atoms with van der Waals surface area (Å²) in [5.74, 6) is 0.592. The van der Waals surface area contributed by atoms with Gasteiger partial charge in [-0.15, -0.1) is 0 Å². The molecular weight excluding hydrogens is 799 g/mol. The van der Waals surface area contributed by atoms with Crippen LogP contribution in [-0.2, 0) is 23.9 Å². The number of nitrogens with zero attached hydrogens (tertiary/aromatic N) is 2. The van der Waals surface area contributed by atoms with Gasteiger partial charge >= 0.3 is 11.9 Å². The molecule has 1 amide bonds. The molecule has 378 valence electrons. The smallest absolute Gasteiger partial charge is 0.305 e. The number of carbonyl (C=O) groups excluding carboxylic acids is 3. The van der Waals surface area contributed by atoms with E-state index in [4.69, 9.17) is 9.47 Å². The zero-order chi connectivity index (χ0) is 46.6. The Hall–Kier alpha value is -1.71. The molecule has 1 saturated carbocycles. The van der Waals surface area contributed by atoms with Gasteiger partial charge in [-0.2, -0.15) is 0 Å². The third-order valence-electron chi connectivity index (χ3n) is 13.8. The maximum Gasteiger partial charge on any atom is 0.305 e. The topological polar surface area (TPSA) is 108 Å². The summed E-state index contributed by atoms with van der Waals surface area (Å²) in [6, 6.07) is 0.609. The molecular formula is C55H107N3O6. The maximum absolute atomic E-state index is 12.9. The van der Waals surface area contributed by atoms with Crippen LogP contribution < -0.4 is 5.32 Å². The van der Waals surface area contributed by atoms with E-state index in [9.17, 15) is 19.5 Å². The fraction of sp³-hybridized carbons (Fsp3) is 0.945. The molecule has 2 N–H and O–H groups in total. The van der Waals surface area contributed by atoms with Crippen molar-refractivity contribution in [3.63, 3.8) is 0 Å². The van der Waals surface area contributed by atoms with Crippen molar-refractivity contribution in [1.82, 2.24) is 15.1 Å². The Morgan fingerprint density at radius 2 is 0.953 bits per heavy atom. The van der Waals surface area contributed by atoms with Gasteiger partial charge in [-0.25, -0.2) is 0 Å². The molecule has 1 aliphatic rings. The molecule has 0 aromatic heterocycles. The largest absolute Gasteiger partial charge is 0.465 e. The summed E-state index contributed by atoms with van der Waals surface area (Å²) in [6.07, 6.45) is 40.5. The number of ether oxygens (including phenoxy) is 2. The second kappa shape index (κ2) is 45.1. The molecule has 1 unspecified atom stereocenters. The minimum Gasteiger partial charge on any atom is -0.465 e. The van der Waals surface area contributed by atoms with Crippen LogP contribution in [0, 0.1) is 11.8 Å². The highest BCUT2D eigenvalue weighted by Crippen LogP contribution is 2.24. The van der Waals surface area contributed by atoms with Crippen molar-refractivity contribution in [2.75, 3.05) is 59.1 Å². The Balaban J connectivity index is 2.60. The van der Waals surface area contributed by atoms with Crippen molar-refractivity contribution < 1.29 is 29.0 Å². The van der Waals surface area contributed by atoms with Crippen LogP contribution in [0.15, 0.2) is 0 Å². The van der Waals surface area contributed by atoms with Crippen LogP contribution in [-0.4, -0.2) is 97.9 Å². The van der Waals surface area contributed by atoms with Crippen LogP contribution in [0.3, 0.4) is 0 Å². The Labute approximate surface area is 396 Å². The molecule has 64 heavy (non-hydrogen) atoms. The summed E-state index contributed by atoms with van der Waals surface area (Å²) < 4.78 is 11.5. The van der Waals surface area contributed by atoms with Gasteiger partial charge < -0.3 is 19.9 Å². The van der Waals surface area contributed by atoms with Crippen molar-refractivity contribution in [1.29, 1.82) is 0 Å². The first-order valence-electron chi connectivity index (χ1n) is 28.0. The van der Waals surface area contributed by atoms with E-state index in [1.54, 1.807) is 0 Å². The number of nitrogens with one attached hydrogen (secondary N) is 1. The predicted molar refractivity (Wildman–Crippen MR) is 270 cm³/mol. The maximum atomic E-state index is 12.9. The highest BCUT2D eigenvalue weighted by Gasteiger charge is 2.22. The van der Waals surface area contributed by atoms with E-state index in [1.807, 2.05) is 0 Å². The molecule has 1 fully saturated rings. The Bertz CT molecular complexity index is 1020. The minimum atomic E-state index is -0.129. The van der Waals surface area contributed by atoms with E-state index in [0.717, 1.165) is 96.9 Å². The first-order chi connectivity index (χ1) is 31.4. The third kappa shape index (κ3) is 36.4. The number of hydrogen-bond donors (Lipinski definition) is 2. The number of carbonyl (C=O) groups is 3. The van der Waals surface area contributed by atoms with E-state index >= 15 is 0 Å². The second-order valence-electron chi connectivity index (χ2n) is 19.8. The van der Waals surface area contributed by atoms with Crippen molar-refractivity contribution in [2.45, 2.75) is 265 Å². The molecule has 0 aromatic carbocycles. The SMILES string of the molecule is CCCCCCCCC(CCCCCC)CNC(=O)CCCCCN(CCO)CCN(CCCCC(COC(=O)CCCCCCC)COC(=O)CCCCCCC)C1CCCCC1. The molecule has 1 aliphatic carbocycles. The molecule has 0 radical (unpaired) electrons. The predicted octanol–water partition coefficient (Wildman–Crippen LogP) is 13.5. The molecule has 0 aromatic rings. The molecule has 0 aliphatic heterocycles. The van der Waals surface area contributed by atoms with E-state index < -0.39 is 0 Å². The lowest BCUT2D eigenvalue weighted by Crippen LogP contribution is -2.43. The Morgan fingerprint density at radius 3 is 1.52 bits per heavy atom. The van der Waals surface area contributed by atoms with Crippen molar-refractivity contribution in [3.8, 4) is 0 Å². The number of rotatable bonds is 47. The van der Waals surface area contributed by atoms with Crippen molar-refractivity contribution >= 4 is 17.8 Å². The van der Waals surface area contributed by atoms with Gasteiger partial charge in [0.15, 0.2) is 0 Å². The minimum absolute atomic E-state index is 0.0227. The highest BCUT2D eigenvalue weighted by molar-refractivity contribution is 5.75. The summed E-state index contributed by atoms with van der Waals surface area (Å²) in [4.78, 5) is 43.2. The third-order valence-corrected chi connectivity index (χ3v) is 13.8. The van der Waals surface area contributed by atoms with Gasteiger partial charge in [0.1, 0.15) is 0 Å². The summed E-state index contributed by atoms with van der Waals surface area (Å²) in [6.45, 7) is 15.2. The van der Waals surface area contributed by atoms with E-state index in [2.05, 4.69) is 42.8 Å². The van der Waals surface area contributed by atoms with Crippen molar-refractivity contribution in [2.24, 2.45) is 11.8 Å². The van der Waals surface area contributed by atoms with Crippen LogP contribution in [0.5, 0.6) is 0 Å². The number of unbranched alkanes of at least 4 members (excludes halogenated alkanes) is 19. The second-order valence-corrected chi connectivity index (χ2v) is 19.8. The number of hydrogen-bond acceptors (Lipinski definition) is 8. The fourth-order valence-corrected chi connectivity index (χ4v) is 9.51. The lowest BCUT2D eigenvalue weighted by Gasteiger charge is -2.36. The highest BCUT2D eigenvalue weighted by atomic mass is 16.5. The zero-order valence-corrected chi connectivity index (χ0v) is 42.9. The molecule has 0 saturated heterocycles. The summed E-state index contributed by atoms with van der Waals surface area (Å²) in [5.41, 5.74) is 0. The van der Waals surface area contributed by atoms with Gasteiger partial charge in [-0.1, -0.05) is 175 Å². The first kappa shape index (κ1) is 60.3. The molecule has 0 heterocycles. The van der Waals surface area contributed by atoms with Crippen LogP contribution in [0.4, 0.5) is 0 Å². The average molecular weight is 906 g/mol. The zero-order valence-electron chi connectivity index (χ0n) is 42.9. The number of aliphatic hydroxyl groups excluding tert-OH is 1. The number of aliphatic hydroxyl groups is 1. The van der Waals surface area contributed by atoms with E-state index in [1.165, 1.54) is 148 Å². The van der Waals surface area contributed by atoms with Gasteiger partial charge in [0, 0.05) is 57.4 Å². The van der Waals surface area contributed by atoms with Gasteiger partial charge in [-0.05, 0) is 83.2 Å². The molecule has 1 rings (SSSR count). The van der Waals surface area contributed by atoms with Gasteiger partial charge in [0.05, 0.1) is 19.8 Å². The Morgan fingerprint density at radius 1 is 0.500 bits per heavy atom. The summed E-state index contributed by atoms with van der Waals surface area (Å²) in [5, 5.41) is 13.3. The van der Waals surface area contributed by atoms with Crippen LogP contribution in [0.25, 0.3) is 0 Å². The number of amides is 1. The van der Waals surface area contributed by atoms with Gasteiger partial charge in [0.25, 0.3) is 0 Å². The fourth-order valence-electron chi connectivity index (χ4n) is 9.51. The quantitative estimate of drug-likeness (QED) is 0.0459. The monoisotopic (exact) mass is 906 g/mol. The molecule has 1 atom stereocenters. The van der Waals surface area contributed by atoms with E-state index in [0.29, 0.717) is 51.0 Å². The molecule has 9 nitrogen and oxygen atoms in total. The Kier molecular flexibility index (Phi) is 42.5. The van der Waals surface area contributed by atoms with Crippen LogP contribution >= 0.6 is 0 Å². The van der Waals surface area contributed by atoms with E-state index in [-0.39, 0.29) is 30.4 Å². The van der Waals surface area contributed by atoms with Crippen LogP contribution in [0.1, 0.15) is 259 Å². The lowest BCUT2D eigenvalue weighted by atomic mass is 9.93. The molecule has 0 bridgehead atoms. The van der Waals surface area contributed by atoms with Crippen LogP contribution in [0.2, 0.25) is 0 Å². The summed E-state index contributed by atoms with van der Waals surface area (Å²) in [7, 11) is 0.